The molecule has 1 aliphatic heterocycles. The van der Waals surface area contributed by atoms with Gasteiger partial charge in [-0.2, -0.15) is 0 Å². The Morgan fingerprint density at radius 2 is 1.70 bits per heavy atom. The molecule has 2 rings (SSSR count). The zero-order valence-corrected chi connectivity index (χ0v) is 28.3. The van der Waals surface area contributed by atoms with Crippen LogP contribution in [0, 0.1) is 11.8 Å². The van der Waals surface area contributed by atoms with E-state index in [-0.39, 0.29) is 24.2 Å². The maximum Gasteiger partial charge on any atom is 0.334 e. The quantitative estimate of drug-likeness (QED) is 0.0361. The number of rotatable bonds is 20. The number of ether oxygens (including phenoxy) is 3. The zero-order valence-electron chi connectivity index (χ0n) is 28.3. The van der Waals surface area contributed by atoms with Crippen LogP contribution in [0.3, 0.4) is 0 Å². The second-order valence-electron chi connectivity index (χ2n) is 12.4. The summed E-state index contributed by atoms with van der Waals surface area (Å²) < 4.78 is 17.4. The lowest BCUT2D eigenvalue weighted by atomic mass is 9.83. The van der Waals surface area contributed by atoms with Crippen molar-refractivity contribution in [2.75, 3.05) is 6.61 Å². The van der Waals surface area contributed by atoms with Gasteiger partial charge < -0.3 is 19.3 Å². The average molecular weight is 641 g/mol. The predicted molar refractivity (Wildman–Crippen MR) is 180 cm³/mol. The highest BCUT2D eigenvalue weighted by Crippen LogP contribution is 2.38. The van der Waals surface area contributed by atoms with Crippen LogP contribution in [-0.4, -0.2) is 54.2 Å². The Balaban J connectivity index is 2.01. The molecule has 0 amide bonds. The number of aliphatic hydroxyl groups is 1. The van der Waals surface area contributed by atoms with Crippen LogP contribution in [-0.2, 0) is 33.4 Å². The number of hydrogen-bond acceptors (Lipinski definition) is 8. The summed E-state index contributed by atoms with van der Waals surface area (Å²) in [6.45, 7) is 9.41. The molecule has 0 aromatic carbocycles. The molecule has 0 saturated carbocycles. The monoisotopic (exact) mass is 640 g/mol. The topological polar surface area (TPSA) is 116 Å². The predicted octanol–water partition coefficient (Wildman–Crippen LogP) is 7.61. The average Bonchev–Trinajstić information content (AvgIpc) is 3.33. The van der Waals surface area contributed by atoms with Gasteiger partial charge in [0.2, 0.25) is 0 Å². The van der Waals surface area contributed by atoms with Gasteiger partial charge in [-0.25, -0.2) is 4.79 Å². The lowest BCUT2D eigenvalue weighted by Crippen LogP contribution is -2.46. The summed E-state index contributed by atoms with van der Waals surface area (Å²) in [5.41, 5.74) is 0.810. The maximum atomic E-state index is 13.1. The molecule has 1 fully saturated rings. The minimum Gasteiger partial charge on any atom is -0.457 e. The first-order chi connectivity index (χ1) is 22.3. The second-order valence-corrected chi connectivity index (χ2v) is 12.4. The van der Waals surface area contributed by atoms with Gasteiger partial charge in [-0.3, -0.25) is 14.4 Å². The van der Waals surface area contributed by atoms with E-state index >= 15 is 0 Å². The standard InChI is InChI=1S/C38H56O8/c1-5-7-8-9-10-11-12-13-14-15-16-17-18-19-20-24-33(41)45-35-31(27-40)23-21-22-30(26-39)25-32-34(29(4)38(43)44-32)36(35)46-37(42)28(3)6-2/h10-11,13-14,23,25,27-28,32,34-36,39H,4-9,12,15-22,24,26H2,1-3H3/b11-10+,14-13+,30-25-,31-23-/t28-,32-,34+,35+,36+/m1/s1. The van der Waals surface area contributed by atoms with E-state index in [2.05, 4.69) is 37.8 Å². The van der Waals surface area contributed by atoms with Crippen LogP contribution < -0.4 is 0 Å². The number of aliphatic hydroxyl groups excluding tert-OH is 1. The van der Waals surface area contributed by atoms with Gasteiger partial charge in [-0.05, 0) is 69.4 Å². The van der Waals surface area contributed by atoms with Crippen molar-refractivity contribution in [1.82, 2.24) is 0 Å². The van der Waals surface area contributed by atoms with Gasteiger partial charge >= 0.3 is 17.9 Å². The molecule has 0 unspecified atom stereocenters. The van der Waals surface area contributed by atoms with Crippen LogP contribution in [0.25, 0.3) is 0 Å². The van der Waals surface area contributed by atoms with E-state index in [0.717, 1.165) is 44.9 Å². The molecule has 1 heterocycles. The summed E-state index contributed by atoms with van der Waals surface area (Å²) in [5.74, 6) is -3.08. The number of unbranched alkanes of at least 4 members (excludes halogenated alkanes) is 8. The molecule has 0 aromatic rings. The molecule has 1 saturated heterocycles. The third kappa shape index (κ3) is 13.2. The first kappa shape index (κ1) is 38.9. The fourth-order valence-corrected chi connectivity index (χ4v) is 5.58. The summed E-state index contributed by atoms with van der Waals surface area (Å²) in [6, 6.07) is 0. The first-order valence-electron chi connectivity index (χ1n) is 17.3. The van der Waals surface area contributed by atoms with Crippen LogP contribution >= 0.6 is 0 Å². The van der Waals surface area contributed by atoms with Crippen molar-refractivity contribution in [2.24, 2.45) is 11.8 Å². The molecule has 0 aromatic heterocycles. The molecule has 0 radical (unpaired) electrons. The number of fused-ring (bicyclic) bond motifs is 1. The van der Waals surface area contributed by atoms with Crippen LogP contribution in [0.2, 0.25) is 0 Å². The van der Waals surface area contributed by atoms with Crippen molar-refractivity contribution >= 4 is 24.2 Å². The lowest BCUT2D eigenvalue weighted by Gasteiger charge is -2.33. The van der Waals surface area contributed by atoms with Gasteiger partial charge in [0.05, 0.1) is 18.4 Å². The fourth-order valence-electron chi connectivity index (χ4n) is 5.58. The smallest absolute Gasteiger partial charge is 0.334 e. The first-order valence-corrected chi connectivity index (χ1v) is 17.3. The molecule has 1 N–H and O–H groups in total. The van der Waals surface area contributed by atoms with Crippen LogP contribution in [0.1, 0.15) is 117 Å². The molecule has 2 aliphatic rings. The summed E-state index contributed by atoms with van der Waals surface area (Å²) in [6.07, 6.45) is 22.6. The third-order valence-corrected chi connectivity index (χ3v) is 8.68. The number of carbonyl (C=O) groups is 4. The Hall–Kier alpha value is -3.26. The highest BCUT2D eigenvalue weighted by molar-refractivity contribution is 5.91. The zero-order chi connectivity index (χ0) is 33.7. The molecule has 1 aliphatic carbocycles. The molecular formula is C38H56O8. The SMILES string of the molecule is C=C1C(=O)O[C@@H]2/C=C(\CO)CC/C=C(/C=O)[C@H](OC(=O)CCCCCCC/C=C/C/C=C/CCCCC)[C@@H](OC(=O)[C@H](C)CC)[C@@H]12. The van der Waals surface area contributed by atoms with Crippen molar-refractivity contribution in [3.8, 4) is 0 Å². The van der Waals surface area contributed by atoms with Crippen LogP contribution in [0.5, 0.6) is 0 Å². The third-order valence-electron chi connectivity index (χ3n) is 8.68. The van der Waals surface area contributed by atoms with E-state index in [1.165, 1.54) is 19.3 Å². The maximum absolute atomic E-state index is 13.1. The number of carbonyl (C=O) groups excluding carboxylic acids is 4. The summed E-state index contributed by atoms with van der Waals surface area (Å²) in [7, 11) is 0. The Kier molecular flexibility index (Phi) is 18.9. The van der Waals surface area contributed by atoms with Crippen molar-refractivity contribution in [1.29, 1.82) is 0 Å². The molecule has 46 heavy (non-hydrogen) atoms. The van der Waals surface area contributed by atoms with E-state index in [1.54, 1.807) is 19.1 Å². The molecule has 0 spiro atoms. The van der Waals surface area contributed by atoms with Crippen molar-refractivity contribution in [3.05, 3.63) is 59.8 Å². The van der Waals surface area contributed by atoms with Gasteiger partial charge in [0, 0.05) is 17.6 Å². The highest BCUT2D eigenvalue weighted by atomic mass is 16.6. The molecular weight excluding hydrogens is 584 g/mol. The van der Waals surface area contributed by atoms with E-state index in [0.29, 0.717) is 37.5 Å². The molecule has 8 nitrogen and oxygen atoms in total. The number of esters is 3. The minimum absolute atomic E-state index is 0.0566. The van der Waals surface area contributed by atoms with Crippen molar-refractivity contribution < 1.29 is 38.5 Å². The van der Waals surface area contributed by atoms with Gasteiger partial charge in [0.25, 0.3) is 0 Å². The highest BCUT2D eigenvalue weighted by Gasteiger charge is 2.49. The largest absolute Gasteiger partial charge is 0.457 e. The lowest BCUT2D eigenvalue weighted by molar-refractivity contribution is -0.172. The Morgan fingerprint density at radius 1 is 1.02 bits per heavy atom. The molecule has 256 valence electrons. The summed E-state index contributed by atoms with van der Waals surface area (Å²) in [4.78, 5) is 51.2. The van der Waals surface area contributed by atoms with E-state index in [1.807, 2.05) is 6.92 Å². The molecule has 8 heteroatoms. The van der Waals surface area contributed by atoms with Gasteiger partial charge in [0.15, 0.2) is 12.2 Å². The normalized spacial score (nSPS) is 24.9. The van der Waals surface area contributed by atoms with E-state index < -0.39 is 48.1 Å². The fraction of sp³-hybridized carbons (Fsp3) is 0.632. The number of allylic oxidation sites excluding steroid dienone is 5. The second kappa shape index (κ2) is 22.3. The van der Waals surface area contributed by atoms with Crippen molar-refractivity contribution in [2.45, 2.75) is 135 Å². The Morgan fingerprint density at radius 3 is 2.35 bits per heavy atom. The Bertz CT molecular complexity index is 1110. The number of aldehydes is 1. The van der Waals surface area contributed by atoms with Gasteiger partial charge in [-0.1, -0.05) is 89.8 Å². The van der Waals surface area contributed by atoms with Crippen LogP contribution in [0.15, 0.2) is 59.8 Å². The van der Waals surface area contributed by atoms with Crippen molar-refractivity contribution in [3.63, 3.8) is 0 Å². The van der Waals surface area contributed by atoms with Crippen LogP contribution in [0.4, 0.5) is 0 Å². The summed E-state index contributed by atoms with van der Waals surface area (Å²) >= 11 is 0. The van der Waals surface area contributed by atoms with E-state index in [9.17, 15) is 24.3 Å². The molecule has 5 atom stereocenters. The Labute approximate surface area is 276 Å². The van der Waals surface area contributed by atoms with E-state index in [4.69, 9.17) is 14.2 Å². The summed E-state index contributed by atoms with van der Waals surface area (Å²) in [5, 5.41) is 9.88. The number of hydrogen-bond donors (Lipinski definition) is 1. The molecule has 0 bridgehead atoms. The minimum atomic E-state index is -1.24. The van der Waals surface area contributed by atoms with Gasteiger partial charge in [-0.15, -0.1) is 0 Å². The van der Waals surface area contributed by atoms with Gasteiger partial charge in [0.1, 0.15) is 12.4 Å².